The molecule has 0 unspecified atom stereocenters. The number of hydrogen-bond acceptors (Lipinski definition) is 1. The van der Waals surface area contributed by atoms with Crippen LogP contribution in [0, 0.1) is 0 Å². The fraction of sp³-hybridized carbons (Fsp3) is 0.235. The Bertz CT molecular complexity index is 623. The largest absolute Gasteiger partial charge is 0.289 e. The van der Waals surface area contributed by atoms with Gasteiger partial charge in [-0.1, -0.05) is 56.3 Å². The van der Waals surface area contributed by atoms with E-state index >= 15 is 0 Å². The quantitative estimate of drug-likeness (QED) is 0.625. The zero-order chi connectivity index (χ0) is 12.7. The first-order valence-electron chi connectivity index (χ1n) is 6.43. The molecule has 18 heavy (non-hydrogen) atoms. The van der Waals surface area contributed by atoms with Crippen molar-refractivity contribution in [2.75, 3.05) is 0 Å². The van der Waals surface area contributed by atoms with Crippen LogP contribution in [-0.2, 0) is 6.42 Å². The number of carbonyl (C=O) groups is 1. The summed E-state index contributed by atoms with van der Waals surface area (Å²) in [4.78, 5) is 12.5. The fourth-order valence-corrected chi connectivity index (χ4v) is 2.79. The van der Waals surface area contributed by atoms with Crippen LogP contribution in [0.5, 0.6) is 0 Å². The molecule has 0 N–H and O–H groups in total. The first-order valence-corrected chi connectivity index (χ1v) is 6.43. The fourth-order valence-electron chi connectivity index (χ4n) is 2.79. The Labute approximate surface area is 107 Å². The molecule has 1 nitrogen and oxygen atoms in total. The molecule has 1 aliphatic carbocycles. The van der Waals surface area contributed by atoms with Crippen LogP contribution in [0.4, 0.5) is 0 Å². The van der Waals surface area contributed by atoms with Gasteiger partial charge in [0.05, 0.1) is 0 Å². The molecule has 0 saturated heterocycles. The number of rotatable bonds is 1. The Hall–Kier alpha value is -1.89. The highest BCUT2D eigenvalue weighted by Gasteiger charge is 2.24. The molecule has 2 aromatic carbocycles. The third-order valence-electron chi connectivity index (χ3n) is 3.71. The van der Waals surface area contributed by atoms with Crippen LogP contribution in [0.1, 0.15) is 52.4 Å². The van der Waals surface area contributed by atoms with E-state index in [-0.39, 0.29) is 5.78 Å². The number of ketones is 1. The molecule has 0 amide bonds. The highest BCUT2D eigenvalue weighted by molar-refractivity contribution is 6.12. The Morgan fingerprint density at radius 2 is 1.67 bits per heavy atom. The molecule has 90 valence electrons. The Balaban J connectivity index is 2.22. The minimum Gasteiger partial charge on any atom is -0.289 e. The number of benzene rings is 2. The van der Waals surface area contributed by atoms with Gasteiger partial charge in [-0.05, 0) is 29.0 Å². The van der Waals surface area contributed by atoms with Crippen molar-refractivity contribution in [3.8, 4) is 0 Å². The van der Waals surface area contributed by atoms with E-state index in [4.69, 9.17) is 0 Å². The summed E-state index contributed by atoms with van der Waals surface area (Å²) in [6, 6.07) is 14.0. The second kappa shape index (κ2) is 4.09. The predicted molar refractivity (Wildman–Crippen MR) is 73.2 cm³/mol. The zero-order valence-corrected chi connectivity index (χ0v) is 10.7. The van der Waals surface area contributed by atoms with E-state index in [0.717, 1.165) is 23.1 Å². The summed E-state index contributed by atoms with van der Waals surface area (Å²) < 4.78 is 0. The van der Waals surface area contributed by atoms with Crippen LogP contribution in [0.25, 0.3) is 0 Å². The van der Waals surface area contributed by atoms with Crippen LogP contribution in [-0.4, -0.2) is 5.78 Å². The molecule has 1 aliphatic rings. The second-order valence-corrected chi connectivity index (χ2v) is 5.19. The molecular formula is C17H16O. The molecule has 0 bridgehead atoms. The molecule has 0 aliphatic heterocycles. The lowest BCUT2D eigenvalue weighted by Gasteiger charge is -2.22. The lowest BCUT2D eigenvalue weighted by molar-refractivity contribution is 0.103. The lowest BCUT2D eigenvalue weighted by atomic mass is 9.80. The van der Waals surface area contributed by atoms with Gasteiger partial charge in [-0.3, -0.25) is 4.79 Å². The standard InChI is InChI=1S/C17H16O/c1-11(2)13-8-5-9-15-16(13)10-12-6-3-4-7-14(12)17(15)18/h3-9,11H,10H2,1-2H3. The molecule has 1 heteroatoms. The van der Waals surface area contributed by atoms with E-state index in [1.54, 1.807) is 0 Å². The van der Waals surface area contributed by atoms with Crippen LogP contribution < -0.4 is 0 Å². The van der Waals surface area contributed by atoms with Crippen LogP contribution in [0.3, 0.4) is 0 Å². The summed E-state index contributed by atoms with van der Waals surface area (Å²) in [6.07, 6.45) is 0.881. The molecule has 0 atom stereocenters. The minimum atomic E-state index is 0.175. The van der Waals surface area contributed by atoms with Gasteiger partial charge in [-0.25, -0.2) is 0 Å². The van der Waals surface area contributed by atoms with E-state index in [2.05, 4.69) is 26.0 Å². The van der Waals surface area contributed by atoms with Gasteiger partial charge < -0.3 is 0 Å². The molecule has 2 aromatic rings. The molecule has 0 spiro atoms. The average molecular weight is 236 g/mol. The van der Waals surface area contributed by atoms with Crippen molar-refractivity contribution in [2.24, 2.45) is 0 Å². The maximum Gasteiger partial charge on any atom is 0.193 e. The molecule has 0 saturated carbocycles. The van der Waals surface area contributed by atoms with Crippen molar-refractivity contribution < 1.29 is 4.79 Å². The lowest BCUT2D eigenvalue weighted by Crippen LogP contribution is -2.17. The van der Waals surface area contributed by atoms with Crippen molar-refractivity contribution >= 4 is 5.78 Å². The van der Waals surface area contributed by atoms with Crippen molar-refractivity contribution in [1.29, 1.82) is 0 Å². The maximum absolute atomic E-state index is 12.5. The second-order valence-electron chi connectivity index (χ2n) is 5.19. The monoisotopic (exact) mass is 236 g/mol. The highest BCUT2D eigenvalue weighted by atomic mass is 16.1. The summed E-state index contributed by atoms with van der Waals surface area (Å²) >= 11 is 0. The number of carbonyl (C=O) groups excluding carboxylic acids is 1. The molecule has 0 aromatic heterocycles. The third-order valence-corrected chi connectivity index (χ3v) is 3.71. The van der Waals surface area contributed by atoms with Gasteiger partial charge in [0.2, 0.25) is 0 Å². The van der Waals surface area contributed by atoms with Gasteiger partial charge in [0.25, 0.3) is 0 Å². The van der Waals surface area contributed by atoms with Crippen molar-refractivity contribution in [2.45, 2.75) is 26.2 Å². The van der Waals surface area contributed by atoms with Gasteiger partial charge >= 0.3 is 0 Å². The number of hydrogen-bond donors (Lipinski definition) is 0. The third kappa shape index (κ3) is 1.59. The van der Waals surface area contributed by atoms with Crippen LogP contribution in [0.15, 0.2) is 42.5 Å². The Kier molecular flexibility index (Phi) is 2.55. The molecule has 0 radical (unpaired) electrons. The molecule has 0 fully saturated rings. The average Bonchev–Trinajstić information content (AvgIpc) is 2.38. The minimum absolute atomic E-state index is 0.175. The van der Waals surface area contributed by atoms with Gasteiger partial charge in [0, 0.05) is 11.1 Å². The zero-order valence-electron chi connectivity index (χ0n) is 10.7. The van der Waals surface area contributed by atoms with Gasteiger partial charge in [0.1, 0.15) is 0 Å². The van der Waals surface area contributed by atoms with Crippen LogP contribution in [0.2, 0.25) is 0 Å². The number of fused-ring (bicyclic) bond motifs is 2. The summed E-state index contributed by atoms with van der Waals surface area (Å²) in [5.41, 5.74) is 5.43. The first-order chi connectivity index (χ1) is 8.68. The van der Waals surface area contributed by atoms with E-state index in [1.807, 2.05) is 30.3 Å². The maximum atomic E-state index is 12.5. The summed E-state index contributed by atoms with van der Waals surface area (Å²) in [5, 5.41) is 0. The van der Waals surface area contributed by atoms with Gasteiger partial charge in [0.15, 0.2) is 5.78 Å². The van der Waals surface area contributed by atoms with Crippen molar-refractivity contribution in [3.05, 3.63) is 70.3 Å². The van der Waals surface area contributed by atoms with E-state index in [1.165, 1.54) is 11.1 Å². The smallest absolute Gasteiger partial charge is 0.193 e. The van der Waals surface area contributed by atoms with E-state index in [9.17, 15) is 4.79 Å². The van der Waals surface area contributed by atoms with Gasteiger partial charge in [-0.15, -0.1) is 0 Å². The summed E-state index contributed by atoms with van der Waals surface area (Å²) in [6.45, 7) is 4.36. The molecule has 3 rings (SSSR count). The molecular weight excluding hydrogens is 220 g/mol. The summed E-state index contributed by atoms with van der Waals surface area (Å²) in [7, 11) is 0. The predicted octanol–water partition coefficient (Wildman–Crippen LogP) is 3.95. The van der Waals surface area contributed by atoms with E-state index in [0.29, 0.717) is 5.92 Å². The van der Waals surface area contributed by atoms with Crippen molar-refractivity contribution in [3.63, 3.8) is 0 Å². The van der Waals surface area contributed by atoms with E-state index < -0.39 is 0 Å². The Morgan fingerprint density at radius 3 is 2.44 bits per heavy atom. The normalized spacial score (nSPS) is 13.4. The van der Waals surface area contributed by atoms with Crippen molar-refractivity contribution in [1.82, 2.24) is 0 Å². The van der Waals surface area contributed by atoms with Gasteiger partial charge in [-0.2, -0.15) is 0 Å². The Morgan fingerprint density at radius 1 is 0.944 bits per heavy atom. The van der Waals surface area contributed by atoms with Crippen LogP contribution >= 0.6 is 0 Å². The topological polar surface area (TPSA) is 17.1 Å². The highest BCUT2D eigenvalue weighted by Crippen LogP contribution is 2.32. The summed E-state index contributed by atoms with van der Waals surface area (Å²) in [5.74, 6) is 0.632. The SMILES string of the molecule is CC(C)c1cccc2c1Cc1ccccc1C2=O. The first kappa shape index (κ1) is 11.2. The molecule has 0 heterocycles.